The maximum absolute atomic E-state index is 12.2. The molecule has 0 saturated heterocycles. The number of carbonyl (C=O) groups is 1. The second-order valence-corrected chi connectivity index (χ2v) is 6.13. The molecule has 26 heavy (non-hydrogen) atoms. The van der Waals surface area contributed by atoms with Gasteiger partial charge in [0.15, 0.2) is 0 Å². The Morgan fingerprint density at radius 3 is 2.15 bits per heavy atom. The Balaban J connectivity index is 1.67. The number of benzene rings is 2. The van der Waals surface area contributed by atoms with Crippen LogP contribution in [0.25, 0.3) is 11.3 Å². The summed E-state index contributed by atoms with van der Waals surface area (Å²) < 4.78 is 5.32. The van der Waals surface area contributed by atoms with Crippen molar-refractivity contribution in [2.75, 3.05) is 0 Å². The fraction of sp³-hybridized carbons (Fsp3) is 0.227. The van der Waals surface area contributed by atoms with Crippen LogP contribution in [0.2, 0.25) is 0 Å². The van der Waals surface area contributed by atoms with E-state index >= 15 is 0 Å². The number of hydrogen-bond acceptors (Lipinski definition) is 4. The number of esters is 1. The molecule has 0 bridgehead atoms. The Bertz CT molecular complexity index is 854. The summed E-state index contributed by atoms with van der Waals surface area (Å²) in [6, 6.07) is 15.7. The van der Waals surface area contributed by atoms with Crippen molar-refractivity contribution in [3.63, 3.8) is 0 Å². The van der Waals surface area contributed by atoms with Crippen LogP contribution in [0.3, 0.4) is 0 Å². The van der Waals surface area contributed by atoms with Crippen molar-refractivity contribution >= 4 is 5.97 Å². The summed E-state index contributed by atoms with van der Waals surface area (Å²) in [5.41, 5.74) is 4.72. The number of carbonyl (C=O) groups excluding carboxylic acids is 1. The Kier molecular flexibility index (Phi) is 5.74. The zero-order valence-corrected chi connectivity index (χ0v) is 15.1. The van der Waals surface area contributed by atoms with E-state index in [0.29, 0.717) is 5.56 Å². The average molecular weight is 346 g/mol. The monoisotopic (exact) mass is 346 g/mol. The van der Waals surface area contributed by atoms with Crippen LogP contribution >= 0.6 is 0 Å². The van der Waals surface area contributed by atoms with Gasteiger partial charge in [0, 0.05) is 5.56 Å². The summed E-state index contributed by atoms with van der Waals surface area (Å²) in [7, 11) is 0. The van der Waals surface area contributed by atoms with Gasteiger partial charge in [-0.2, -0.15) is 0 Å². The molecule has 132 valence electrons. The average Bonchev–Trinajstić information content (AvgIpc) is 2.69. The summed E-state index contributed by atoms with van der Waals surface area (Å²) >= 11 is 0. The predicted octanol–water partition coefficient (Wildman–Crippen LogP) is 4.88. The normalized spacial score (nSPS) is 10.5. The first-order valence-corrected chi connectivity index (χ1v) is 8.92. The molecule has 0 aliphatic carbocycles. The molecule has 0 N–H and O–H groups in total. The first kappa shape index (κ1) is 17.8. The van der Waals surface area contributed by atoms with E-state index in [1.807, 2.05) is 24.3 Å². The molecule has 4 nitrogen and oxygen atoms in total. The smallest absolute Gasteiger partial charge is 0.344 e. The quantitative estimate of drug-likeness (QED) is 0.597. The first-order chi connectivity index (χ1) is 12.7. The highest BCUT2D eigenvalue weighted by Crippen LogP contribution is 2.19. The Morgan fingerprint density at radius 2 is 1.58 bits per heavy atom. The fourth-order valence-corrected chi connectivity index (χ4v) is 2.68. The summed E-state index contributed by atoms with van der Waals surface area (Å²) in [6.45, 7) is 4.25. The molecular formula is C22H22N2O2. The largest absolute Gasteiger partial charge is 0.402 e. The van der Waals surface area contributed by atoms with Crippen LogP contribution < -0.4 is 4.74 Å². The molecule has 4 heteroatoms. The number of ether oxygens (including phenoxy) is 1. The third-order valence-electron chi connectivity index (χ3n) is 4.21. The van der Waals surface area contributed by atoms with Gasteiger partial charge in [0.2, 0.25) is 5.88 Å². The zero-order chi connectivity index (χ0) is 18.4. The van der Waals surface area contributed by atoms with Crippen molar-refractivity contribution in [2.45, 2.75) is 33.1 Å². The summed E-state index contributed by atoms with van der Waals surface area (Å²) in [5, 5.41) is 0. The number of nitrogens with zero attached hydrogens (tertiary/aromatic N) is 2. The highest BCUT2D eigenvalue weighted by molar-refractivity contribution is 5.90. The molecule has 3 rings (SSSR count). The van der Waals surface area contributed by atoms with E-state index in [1.54, 1.807) is 18.3 Å². The lowest BCUT2D eigenvalue weighted by Gasteiger charge is -2.06. The van der Waals surface area contributed by atoms with Crippen molar-refractivity contribution in [1.82, 2.24) is 9.97 Å². The molecule has 0 unspecified atom stereocenters. The van der Waals surface area contributed by atoms with E-state index < -0.39 is 5.97 Å². The maximum Gasteiger partial charge on any atom is 0.344 e. The summed E-state index contributed by atoms with van der Waals surface area (Å²) in [4.78, 5) is 20.8. The van der Waals surface area contributed by atoms with Gasteiger partial charge >= 0.3 is 5.97 Å². The van der Waals surface area contributed by atoms with Crippen LogP contribution in [0, 0.1) is 0 Å². The van der Waals surface area contributed by atoms with Gasteiger partial charge < -0.3 is 4.74 Å². The number of aryl methyl sites for hydroxylation is 2. The summed E-state index contributed by atoms with van der Waals surface area (Å²) in [6.07, 6.45) is 6.18. The lowest BCUT2D eigenvalue weighted by molar-refractivity contribution is 0.0727. The van der Waals surface area contributed by atoms with Crippen molar-refractivity contribution < 1.29 is 9.53 Å². The third kappa shape index (κ3) is 4.33. The molecule has 0 saturated carbocycles. The van der Waals surface area contributed by atoms with E-state index in [1.165, 1.54) is 17.3 Å². The number of hydrogen-bond donors (Lipinski definition) is 0. The highest BCUT2D eigenvalue weighted by Gasteiger charge is 2.10. The van der Waals surface area contributed by atoms with Crippen LogP contribution in [-0.4, -0.2) is 15.9 Å². The second kappa shape index (κ2) is 8.39. The SMILES string of the molecule is CCCc1ccc(C(=O)Oc2cnc(-c3ccc(CC)cc3)cn2)cc1. The van der Waals surface area contributed by atoms with Crippen LogP contribution in [0.4, 0.5) is 0 Å². The predicted molar refractivity (Wildman–Crippen MR) is 102 cm³/mol. The number of rotatable bonds is 6. The van der Waals surface area contributed by atoms with Crippen molar-refractivity contribution in [2.24, 2.45) is 0 Å². The molecule has 0 amide bonds. The Labute approximate surface area is 153 Å². The molecule has 0 atom stereocenters. The molecule has 0 fully saturated rings. The van der Waals surface area contributed by atoms with E-state index in [2.05, 4.69) is 35.9 Å². The van der Waals surface area contributed by atoms with E-state index in [0.717, 1.165) is 30.5 Å². The zero-order valence-electron chi connectivity index (χ0n) is 15.1. The third-order valence-corrected chi connectivity index (χ3v) is 4.21. The highest BCUT2D eigenvalue weighted by atomic mass is 16.5. The van der Waals surface area contributed by atoms with Gasteiger partial charge in [-0.05, 0) is 36.1 Å². The Morgan fingerprint density at radius 1 is 0.885 bits per heavy atom. The molecule has 0 aliphatic heterocycles. The van der Waals surface area contributed by atoms with E-state index in [4.69, 9.17) is 4.74 Å². The van der Waals surface area contributed by atoms with Gasteiger partial charge in [-0.25, -0.2) is 14.8 Å². The number of aromatic nitrogens is 2. The lowest BCUT2D eigenvalue weighted by Crippen LogP contribution is -2.09. The summed E-state index contributed by atoms with van der Waals surface area (Å²) in [5.74, 6) is -0.232. The molecule has 2 aromatic carbocycles. The molecule has 0 radical (unpaired) electrons. The molecular weight excluding hydrogens is 324 g/mol. The molecule has 0 aliphatic rings. The van der Waals surface area contributed by atoms with Crippen molar-refractivity contribution in [1.29, 1.82) is 0 Å². The van der Waals surface area contributed by atoms with E-state index in [9.17, 15) is 4.79 Å². The standard InChI is InChI=1S/C22H22N2O2/c1-3-5-17-8-12-19(13-9-17)22(25)26-21-15-23-20(14-24-21)18-10-6-16(4-2)7-11-18/h6-15H,3-5H2,1-2H3. The van der Waals surface area contributed by atoms with Gasteiger partial charge in [-0.1, -0.05) is 56.7 Å². The van der Waals surface area contributed by atoms with Crippen LogP contribution in [0.1, 0.15) is 41.8 Å². The van der Waals surface area contributed by atoms with Gasteiger partial charge in [0.05, 0.1) is 23.7 Å². The van der Waals surface area contributed by atoms with E-state index in [-0.39, 0.29) is 5.88 Å². The van der Waals surface area contributed by atoms with Gasteiger partial charge in [0.25, 0.3) is 0 Å². The maximum atomic E-state index is 12.2. The van der Waals surface area contributed by atoms with Crippen LogP contribution in [0.5, 0.6) is 5.88 Å². The second-order valence-electron chi connectivity index (χ2n) is 6.13. The lowest BCUT2D eigenvalue weighted by atomic mass is 10.1. The molecule has 1 heterocycles. The van der Waals surface area contributed by atoms with Crippen LogP contribution in [0.15, 0.2) is 60.9 Å². The van der Waals surface area contributed by atoms with Gasteiger partial charge in [-0.3, -0.25) is 0 Å². The fourth-order valence-electron chi connectivity index (χ4n) is 2.68. The minimum Gasteiger partial charge on any atom is -0.402 e. The van der Waals surface area contributed by atoms with Crippen LogP contribution in [-0.2, 0) is 12.8 Å². The Hall–Kier alpha value is -3.01. The van der Waals surface area contributed by atoms with Crippen molar-refractivity contribution in [3.05, 3.63) is 77.6 Å². The minimum absolute atomic E-state index is 0.196. The minimum atomic E-state index is -0.428. The topological polar surface area (TPSA) is 52.1 Å². The van der Waals surface area contributed by atoms with Gasteiger partial charge in [-0.15, -0.1) is 0 Å². The van der Waals surface area contributed by atoms with Crippen molar-refractivity contribution in [3.8, 4) is 17.1 Å². The first-order valence-electron chi connectivity index (χ1n) is 8.92. The molecule has 3 aromatic rings. The molecule has 1 aromatic heterocycles. The van der Waals surface area contributed by atoms with Gasteiger partial charge in [0.1, 0.15) is 0 Å². The molecule has 0 spiro atoms.